The third kappa shape index (κ3) is 4.52. The van der Waals surface area contributed by atoms with Gasteiger partial charge in [0.25, 0.3) is 5.91 Å². The van der Waals surface area contributed by atoms with Gasteiger partial charge in [0.1, 0.15) is 17.2 Å². The molecule has 0 saturated heterocycles. The van der Waals surface area contributed by atoms with Crippen LogP contribution in [0.15, 0.2) is 47.6 Å². The standard InChI is InChI=1S/C16H16N2O4/c1-11-2-6-14(7-3-11)22-10-16(21)18-17-9-12-4-5-13(19)8-15(12)20/h2-9,19-20H,10H2,1H3,(H,18,21)/b17-9+. The van der Waals surface area contributed by atoms with Gasteiger partial charge in [0.15, 0.2) is 6.61 Å². The summed E-state index contributed by atoms with van der Waals surface area (Å²) in [5.41, 5.74) is 3.77. The van der Waals surface area contributed by atoms with Crippen LogP contribution in [0, 0.1) is 6.92 Å². The van der Waals surface area contributed by atoms with E-state index in [9.17, 15) is 9.90 Å². The first-order chi connectivity index (χ1) is 10.5. The average molecular weight is 300 g/mol. The maximum absolute atomic E-state index is 11.6. The van der Waals surface area contributed by atoms with Crippen LogP contribution in [-0.4, -0.2) is 28.9 Å². The first-order valence-electron chi connectivity index (χ1n) is 6.58. The number of aromatic hydroxyl groups is 2. The Morgan fingerprint density at radius 2 is 1.95 bits per heavy atom. The van der Waals surface area contributed by atoms with Crippen LogP contribution in [0.4, 0.5) is 0 Å². The Kier molecular flexibility index (Phi) is 4.98. The van der Waals surface area contributed by atoms with E-state index in [1.54, 1.807) is 12.1 Å². The lowest BCUT2D eigenvalue weighted by Crippen LogP contribution is -2.24. The monoisotopic (exact) mass is 300 g/mol. The zero-order valence-electron chi connectivity index (χ0n) is 12.0. The molecule has 2 aromatic carbocycles. The van der Waals surface area contributed by atoms with Crippen molar-refractivity contribution in [1.82, 2.24) is 5.43 Å². The predicted molar refractivity (Wildman–Crippen MR) is 82.2 cm³/mol. The van der Waals surface area contributed by atoms with Crippen molar-refractivity contribution in [3.05, 3.63) is 53.6 Å². The van der Waals surface area contributed by atoms with Crippen molar-refractivity contribution in [2.45, 2.75) is 6.92 Å². The number of carbonyl (C=O) groups is 1. The molecular weight excluding hydrogens is 284 g/mol. The average Bonchev–Trinajstić information content (AvgIpc) is 2.49. The van der Waals surface area contributed by atoms with E-state index in [0.29, 0.717) is 11.3 Å². The smallest absolute Gasteiger partial charge is 0.277 e. The SMILES string of the molecule is Cc1ccc(OCC(=O)N/N=C/c2ccc(O)cc2O)cc1. The molecule has 0 bridgehead atoms. The van der Waals surface area contributed by atoms with E-state index in [1.165, 1.54) is 24.4 Å². The molecule has 0 fully saturated rings. The number of amides is 1. The molecule has 6 heteroatoms. The Balaban J connectivity index is 1.82. The molecule has 0 aromatic heterocycles. The summed E-state index contributed by atoms with van der Waals surface area (Å²) in [5, 5.41) is 22.4. The van der Waals surface area contributed by atoms with E-state index < -0.39 is 5.91 Å². The lowest BCUT2D eigenvalue weighted by molar-refractivity contribution is -0.123. The number of carbonyl (C=O) groups excluding carboxylic acids is 1. The number of benzene rings is 2. The molecule has 0 aliphatic heterocycles. The fourth-order valence-electron chi connectivity index (χ4n) is 1.63. The number of nitrogens with zero attached hydrogens (tertiary/aromatic N) is 1. The number of hydrogen-bond donors (Lipinski definition) is 3. The van der Waals surface area contributed by atoms with Crippen LogP contribution in [0.5, 0.6) is 17.2 Å². The van der Waals surface area contributed by atoms with Crippen molar-refractivity contribution >= 4 is 12.1 Å². The van der Waals surface area contributed by atoms with Crippen LogP contribution in [0.2, 0.25) is 0 Å². The fraction of sp³-hybridized carbons (Fsp3) is 0.125. The van der Waals surface area contributed by atoms with Crippen molar-refractivity contribution in [3.63, 3.8) is 0 Å². The normalized spacial score (nSPS) is 10.6. The summed E-state index contributed by atoms with van der Waals surface area (Å²) in [6.45, 7) is 1.80. The summed E-state index contributed by atoms with van der Waals surface area (Å²) in [6, 6.07) is 11.4. The Labute approximate surface area is 127 Å². The van der Waals surface area contributed by atoms with Gasteiger partial charge in [-0.2, -0.15) is 5.10 Å². The molecule has 3 N–H and O–H groups in total. The zero-order chi connectivity index (χ0) is 15.9. The minimum absolute atomic E-state index is 0.0508. The van der Waals surface area contributed by atoms with Crippen molar-refractivity contribution in [3.8, 4) is 17.2 Å². The van der Waals surface area contributed by atoms with E-state index in [-0.39, 0.29) is 18.1 Å². The number of phenols is 2. The lowest BCUT2D eigenvalue weighted by atomic mass is 10.2. The molecule has 2 rings (SSSR count). The van der Waals surface area contributed by atoms with Crippen LogP contribution in [-0.2, 0) is 4.79 Å². The second-order valence-corrected chi connectivity index (χ2v) is 4.64. The highest BCUT2D eigenvalue weighted by atomic mass is 16.5. The molecular formula is C16H16N2O4. The van der Waals surface area contributed by atoms with Crippen LogP contribution < -0.4 is 10.2 Å². The van der Waals surface area contributed by atoms with Gasteiger partial charge in [-0.1, -0.05) is 17.7 Å². The molecule has 2 aromatic rings. The highest BCUT2D eigenvalue weighted by molar-refractivity contribution is 5.85. The van der Waals surface area contributed by atoms with Gasteiger partial charge in [-0.05, 0) is 31.2 Å². The molecule has 1 amide bonds. The van der Waals surface area contributed by atoms with Crippen molar-refractivity contribution in [1.29, 1.82) is 0 Å². The Morgan fingerprint density at radius 1 is 1.23 bits per heavy atom. The molecule has 0 heterocycles. The van der Waals surface area contributed by atoms with Crippen molar-refractivity contribution < 1.29 is 19.7 Å². The van der Waals surface area contributed by atoms with Gasteiger partial charge in [-0.15, -0.1) is 0 Å². The first-order valence-corrected chi connectivity index (χ1v) is 6.58. The zero-order valence-corrected chi connectivity index (χ0v) is 12.0. The topological polar surface area (TPSA) is 91.2 Å². The highest BCUT2D eigenvalue weighted by Gasteiger charge is 2.02. The van der Waals surface area contributed by atoms with Crippen LogP contribution in [0.25, 0.3) is 0 Å². The molecule has 0 atom stereocenters. The number of nitrogens with one attached hydrogen (secondary N) is 1. The van der Waals surface area contributed by atoms with Crippen molar-refractivity contribution in [2.75, 3.05) is 6.61 Å². The molecule has 22 heavy (non-hydrogen) atoms. The number of hydrogen-bond acceptors (Lipinski definition) is 5. The van der Waals surface area contributed by atoms with Gasteiger partial charge in [0.2, 0.25) is 0 Å². The van der Waals surface area contributed by atoms with Gasteiger partial charge >= 0.3 is 0 Å². The summed E-state index contributed by atoms with van der Waals surface area (Å²) in [4.78, 5) is 11.6. The maximum Gasteiger partial charge on any atom is 0.277 e. The number of phenolic OH excluding ortho intramolecular Hbond substituents is 2. The Morgan fingerprint density at radius 3 is 2.64 bits per heavy atom. The fourth-order valence-corrected chi connectivity index (χ4v) is 1.63. The first kappa shape index (κ1) is 15.4. The van der Waals surface area contributed by atoms with Crippen molar-refractivity contribution in [2.24, 2.45) is 5.10 Å². The summed E-state index contributed by atoms with van der Waals surface area (Å²) >= 11 is 0. The number of rotatable bonds is 5. The van der Waals surface area contributed by atoms with Crippen LogP contribution in [0.1, 0.15) is 11.1 Å². The lowest BCUT2D eigenvalue weighted by Gasteiger charge is -2.05. The van der Waals surface area contributed by atoms with E-state index >= 15 is 0 Å². The van der Waals surface area contributed by atoms with Crippen LogP contribution >= 0.6 is 0 Å². The second kappa shape index (κ2) is 7.12. The number of ether oxygens (including phenoxy) is 1. The molecule has 0 radical (unpaired) electrons. The summed E-state index contributed by atoms with van der Waals surface area (Å²) in [7, 11) is 0. The molecule has 0 saturated carbocycles. The van der Waals surface area contributed by atoms with Gasteiger partial charge in [-0.3, -0.25) is 4.79 Å². The maximum atomic E-state index is 11.6. The van der Waals surface area contributed by atoms with Gasteiger partial charge in [0, 0.05) is 11.6 Å². The van der Waals surface area contributed by atoms with Gasteiger partial charge in [0.05, 0.1) is 6.21 Å². The largest absolute Gasteiger partial charge is 0.508 e. The summed E-state index contributed by atoms with van der Waals surface area (Å²) in [6.07, 6.45) is 1.28. The quantitative estimate of drug-likeness (QED) is 0.581. The van der Waals surface area contributed by atoms with E-state index in [4.69, 9.17) is 9.84 Å². The second-order valence-electron chi connectivity index (χ2n) is 4.64. The summed E-state index contributed by atoms with van der Waals surface area (Å²) in [5.74, 6) is -0.00455. The molecule has 114 valence electrons. The molecule has 0 aliphatic carbocycles. The number of aryl methyl sites for hydroxylation is 1. The van der Waals surface area contributed by atoms with Crippen LogP contribution in [0.3, 0.4) is 0 Å². The number of hydrazone groups is 1. The van der Waals surface area contributed by atoms with E-state index in [1.807, 2.05) is 19.1 Å². The highest BCUT2D eigenvalue weighted by Crippen LogP contribution is 2.20. The minimum atomic E-state index is -0.421. The molecule has 0 spiro atoms. The Hall–Kier alpha value is -3.02. The third-order valence-electron chi connectivity index (χ3n) is 2.80. The third-order valence-corrected chi connectivity index (χ3v) is 2.80. The molecule has 0 aliphatic rings. The summed E-state index contributed by atoms with van der Waals surface area (Å²) < 4.78 is 5.30. The predicted octanol–water partition coefficient (Wildman–Crippen LogP) is 1.94. The van der Waals surface area contributed by atoms with Gasteiger partial charge < -0.3 is 14.9 Å². The van der Waals surface area contributed by atoms with E-state index in [0.717, 1.165) is 5.56 Å². The Bertz CT molecular complexity index is 681. The molecule has 0 unspecified atom stereocenters. The minimum Gasteiger partial charge on any atom is -0.508 e. The van der Waals surface area contributed by atoms with Gasteiger partial charge in [-0.25, -0.2) is 5.43 Å². The van der Waals surface area contributed by atoms with E-state index in [2.05, 4.69) is 10.5 Å². The molecule has 6 nitrogen and oxygen atoms in total.